The maximum Gasteiger partial charge on any atom is 0.231 e. The molecule has 21 heavy (non-hydrogen) atoms. The molecule has 3 rings (SSSR count). The van der Waals surface area contributed by atoms with Crippen molar-refractivity contribution in [3.8, 4) is 0 Å². The smallest absolute Gasteiger partial charge is 0.231 e. The first-order valence-corrected chi connectivity index (χ1v) is 8.40. The van der Waals surface area contributed by atoms with Crippen LogP contribution in [0.15, 0.2) is 0 Å². The lowest BCUT2D eigenvalue weighted by atomic mass is 9.86. The van der Waals surface area contributed by atoms with Crippen LogP contribution in [-0.4, -0.2) is 42.4 Å². The van der Waals surface area contributed by atoms with E-state index in [2.05, 4.69) is 10.2 Å². The molecule has 1 saturated heterocycles. The molecule has 1 aliphatic heterocycles. The van der Waals surface area contributed by atoms with E-state index in [4.69, 9.17) is 5.73 Å². The number of nitrogens with one attached hydrogen (secondary N) is 1. The van der Waals surface area contributed by atoms with Crippen LogP contribution in [0, 0.1) is 17.8 Å². The minimum Gasteiger partial charge on any atom is -0.369 e. The van der Waals surface area contributed by atoms with Gasteiger partial charge in [0.15, 0.2) is 0 Å². The van der Waals surface area contributed by atoms with Gasteiger partial charge in [-0.15, -0.1) is 0 Å². The van der Waals surface area contributed by atoms with E-state index >= 15 is 0 Å². The Morgan fingerprint density at radius 2 is 1.86 bits per heavy atom. The van der Waals surface area contributed by atoms with Crippen molar-refractivity contribution in [3.63, 3.8) is 0 Å². The highest BCUT2D eigenvalue weighted by Crippen LogP contribution is 2.49. The zero-order valence-corrected chi connectivity index (χ0v) is 12.7. The lowest BCUT2D eigenvalue weighted by Gasteiger charge is -2.32. The third-order valence-electron chi connectivity index (χ3n) is 5.66. The summed E-state index contributed by atoms with van der Waals surface area (Å²) in [5.41, 5.74) is 5.21. The van der Waals surface area contributed by atoms with E-state index < -0.39 is 0 Å². The van der Waals surface area contributed by atoms with Crippen LogP contribution in [-0.2, 0) is 9.59 Å². The van der Waals surface area contributed by atoms with Gasteiger partial charge < -0.3 is 11.1 Å². The Morgan fingerprint density at radius 1 is 1.10 bits per heavy atom. The molecule has 2 aliphatic carbocycles. The number of carbonyl (C=O) groups excluding carboxylic acids is 2. The first-order valence-electron chi connectivity index (χ1n) is 8.40. The first-order chi connectivity index (χ1) is 10.1. The molecule has 2 amide bonds. The van der Waals surface area contributed by atoms with E-state index in [1.54, 1.807) is 0 Å². The Balaban J connectivity index is 1.37. The van der Waals surface area contributed by atoms with Crippen molar-refractivity contribution in [1.29, 1.82) is 0 Å². The highest BCUT2D eigenvalue weighted by Gasteiger charge is 2.40. The average molecular weight is 293 g/mol. The molecular weight excluding hydrogens is 266 g/mol. The van der Waals surface area contributed by atoms with Crippen LogP contribution < -0.4 is 11.1 Å². The minimum atomic E-state index is -0.270. The quantitative estimate of drug-likeness (QED) is 0.790. The standard InChI is InChI=1S/C16H27N3O2/c17-15(20)10-19-5-3-14(4-6-19)18-16(21)9-13-8-11-1-2-12(13)7-11/h11-14H,1-10H2,(H2,17,20)(H,18,21)/t11-,12-,13-/m0/s1. The Bertz CT molecular complexity index is 404. The largest absolute Gasteiger partial charge is 0.369 e. The van der Waals surface area contributed by atoms with Gasteiger partial charge in [-0.25, -0.2) is 0 Å². The van der Waals surface area contributed by atoms with Crippen molar-refractivity contribution in [2.24, 2.45) is 23.5 Å². The molecule has 0 aromatic rings. The number of fused-ring (bicyclic) bond motifs is 2. The van der Waals surface area contributed by atoms with Gasteiger partial charge in [0.25, 0.3) is 0 Å². The van der Waals surface area contributed by atoms with Crippen molar-refractivity contribution < 1.29 is 9.59 Å². The maximum atomic E-state index is 12.2. The third kappa shape index (κ3) is 3.76. The summed E-state index contributed by atoms with van der Waals surface area (Å²) in [7, 11) is 0. The van der Waals surface area contributed by atoms with E-state index in [0.717, 1.165) is 44.2 Å². The van der Waals surface area contributed by atoms with E-state index in [0.29, 0.717) is 12.5 Å². The molecule has 0 unspecified atom stereocenters. The molecule has 3 atom stereocenters. The molecule has 2 saturated carbocycles. The van der Waals surface area contributed by atoms with Gasteiger partial charge in [0, 0.05) is 25.6 Å². The number of likely N-dealkylation sites (tertiary alicyclic amines) is 1. The fraction of sp³-hybridized carbons (Fsp3) is 0.875. The molecule has 3 fully saturated rings. The number of hydrogen-bond acceptors (Lipinski definition) is 3. The fourth-order valence-corrected chi connectivity index (χ4v) is 4.61. The molecule has 3 aliphatic rings. The number of primary amides is 1. The van der Waals surface area contributed by atoms with E-state index in [9.17, 15) is 9.59 Å². The monoisotopic (exact) mass is 293 g/mol. The molecule has 0 aromatic heterocycles. The molecule has 0 radical (unpaired) electrons. The summed E-state index contributed by atoms with van der Waals surface area (Å²) >= 11 is 0. The van der Waals surface area contributed by atoms with E-state index in [-0.39, 0.29) is 17.9 Å². The number of rotatable bonds is 5. The summed E-state index contributed by atoms with van der Waals surface area (Å²) in [6.45, 7) is 2.04. The number of nitrogens with two attached hydrogens (primary N) is 1. The van der Waals surface area contributed by atoms with Crippen molar-refractivity contribution in [1.82, 2.24) is 10.2 Å². The van der Waals surface area contributed by atoms with Gasteiger partial charge in [-0.05, 0) is 49.9 Å². The van der Waals surface area contributed by atoms with E-state index in [1.807, 2.05) is 0 Å². The molecule has 5 nitrogen and oxygen atoms in total. The van der Waals surface area contributed by atoms with Crippen LogP contribution in [0.5, 0.6) is 0 Å². The van der Waals surface area contributed by atoms with Gasteiger partial charge in [-0.3, -0.25) is 14.5 Å². The summed E-state index contributed by atoms with van der Waals surface area (Å²) in [5.74, 6) is 2.33. The van der Waals surface area contributed by atoms with Crippen LogP contribution in [0.3, 0.4) is 0 Å². The average Bonchev–Trinajstić information content (AvgIpc) is 3.02. The Hall–Kier alpha value is -1.10. The number of amides is 2. The van der Waals surface area contributed by atoms with Crippen LogP contribution in [0.25, 0.3) is 0 Å². The molecule has 5 heteroatoms. The lowest BCUT2D eigenvalue weighted by Crippen LogP contribution is -2.47. The summed E-state index contributed by atoms with van der Waals surface area (Å²) in [6, 6.07) is 0.278. The van der Waals surface area contributed by atoms with Crippen molar-refractivity contribution in [3.05, 3.63) is 0 Å². The highest BCUT2D eigenvalue weighted by atomic mass is 16.2. The topological polar surface area (TPSA) is 75.4 Å². The van der Waals surface area contributed by atoms with Crippen LogP contribution >= 0.6 is 0 Å². The second-order valence-corrected chi connectivity index (χ2v) is 7.22. The summed E-state index contributed by atoms with van der Waals surface area (Å²) < 4.78 is 0. The van der Waals surface area contributed by atoms with E-state index in [1.165, 1.54) is 25.7 Å². The third-order valence-corrected chi connectivity index (χ3v) is 5.66. The predicted octanol–water partition coefficient (Wildman–Crippen LogP) is 0.879. The van der Waals surface area contributed by atoms with Gasteiger partial charge >= 0.3 is 0 Å². The zero-order valence-electron chi connectivity index (χ0n) is 12.7. The molecular formula is C16H27N3O2. The number of piperidine rings is 1. The molecule has 1 heterocycles. The van der Waals surface area contributed by atoms with Crippen molar-refractivity contribution >= 4 is 11.8 Å². The number of hydrogen-bond donors (Lipinski definition) is 2. The van der Waals surface area contributed by atoms with Crippen LogP contribution in [0.1, 0.15) is 44.9 Å². The normalized spacial score (nSPS) is 33.2. The van der Waals surface area contributed by atoms with Gasteiger partial charge in [0.2, 0.25) is 11.8 Å². The zero-order chi connectivity index (χ0) is 14.8. The summed E-state index contributed by atoms with van der Waals surface area (Å²) in [6.07, 6.45) is 7.95. The predicted molar refractivity (Wildman–Crippen MR) is 80.4 cm³/mol. The van der Waals surface area contributed by atoms with Crippen LogP contribution in [0.2, 0.25) is 0 Å². The second kappa shape index (κ2) is 6.34. The fourth-order valence-electron chi connectivity index (χ4n) is 4.61. The minimum absolute atomic E-state index is 0.237. The molecule has 2 bridgehead atoms. The lowest BCUT2D eigenvalue weighted by molar-refractivity contribution is -0.124. The van der Waals surface area contributed by atoms with Gasteiger partial charge in [0.1, 0.15) is 0 Å². The summed E-state index contributed by atoms with van der Waals surface area (Å²) in [5, 5.41) is 3.20. The summed E-state index contributed by atoms with van der Waals surface area (Å²) in [4.78, 5) is 25.2. The molecule has 0 spiro atoms. The van der Waals surface area contributed by atoms with Gasteiger partial charge in [0.05, 0.1) is 6.54 Å². The second-order valence-electron chi connectivity index (χ2n) is 7.22. The molecule has 118 valence electrons. The van der Waals surface area contributed by atoms with Crippen molar-refractivity contribution in [2.75, 3.05) is 19.6 Å². The first kappa shape index (κ1) is 14.8. The Labute approximate surface area is 126 Å². The Kier molecular flexibility index (Phi) is 4.48. The van der Waals surface area contributed by atoms with Gasteiger partial charge in [-0.2, -0.15) is 0 Å². The number of carbonyl (C=O) groups is 2. The molecule has 0 aromatic carbocycles. The van der Waals surface area contributed by atoms with Crippen molar-refractivity contribution in [2.45, 2.75) is 51.0 Å². The Morgan fingerprint density at radius 3 is 2.43 bits per heavy atom. The SMILES string of the molecule is NC(=O)CN1CCC(NC(=O)C[C@@H]2C[C@H]3CC[C@H]2C3)CC1. The molecule has 3 N–H and O–H groups in total. The number of nitrogens with zero attached hydrogens (tertiary/aromatic N) is 1. The van der Waals surface area contributed by atoms with Gasteiger partial charge in [-0.1, -0.05) is 6.42 Å². The maximum absolute atomic E-state index is 12.2. The van der Waals surface area contributed by atoms with Crippen LogP contribution in [0.4, 0.5) is 0 Å². The highest BCUT2D eigenvalue weighted by molar-refractivity contribution is 5.77.